The standard InChI is InChI=1S/C22H24FN5O/c1-16-6-10-18(11-7-16)24-22(29)28(19-12-8-17(23)9-13-19)15-21-26-25-20-5-3-2-4-14-27(20)21/h6-13H,2-5,14-15H2,1H3,(H,24,29). The number of hydrogen-bond acceptors (Lipinski definition) is 3. The van der Waals surface area contributed by atoms with Gasteiger partial charge in [0.05, 0.1) is 6.54 Å². The van der Waals surface area contributed by atoms with Crippen molar-refractivity contribution in [1.82, 2.24) is 14.8 Å². The predicted molar refractivity (Wildman–Crippen MR) is 110 cm³/mol. The third-order valence-corrected chi connectivity index (χ3v) is 5.17. The van der Waals surface area contributed by atoms with Crippen LogP contribution in [0.1, 0.15) is 36.5 Å². The highest BCUT2D eigenvalue weighted by atomic mass is 19.1. The maximum atomic E-state index is 13.4. The number of anilines is 2. The molecule has 1 aromatic heterocycles. The van der Waals surface area contributed by atoms with Crippen molar-refractivity contribution in [3.8, 4) is 0 Å². The van der Waals surface area contributed by atoms with Crippen LogP contribution in [0.2, 0.25) is 0 Å². The molecule has 0 bridgehead atoms. The zero-order valence-corrected chi connectivity index (χ0v) is 16.4. The summed E-state index contributed by atoms with van der Waals surface area (Å²) in [7, 11) is 0. The van der Waals surface area contributed by atoms with E-state index in [9.17, 15) is 9.18 Å². The lowest BCUT2D eigenvalue weighted by Gasteiger charge is -2.23. The second-order valence-corrected chi connectivity index (χ2v) is 7.35. The largest absolute Gasteiger partial charge is 0.326 e. The molecule has 0 aliphatic carbocycles. The second kappa shape index (κ2) is 8.43. The Hall–Kier alpha value is -3.22. The number of nitrogens with one attached hydrogen (secondary N) is 1. The van der Waals surface area contributed by atoms with Gasteiger partial charge < -0.3 is 9.88 Å². The van der Waals surface area contributed by atoms with Crippen molar-refractivity contribution in [3.63, 3.8) is 0 Å². The maximum Gasteiger partial charge on any atom is 0.326 e. The highest BCUT2D eigenvalue weighted by Crippen LogP contribution is 2.21. The summed E-state index contributed by atoms with van der Waals surface area (Å²) in [6.07, 6.45) is 4.25. The summed E-state index contributed by atoms with van der Waals surface area (Å²) < 4.78 is 15.6. The molecular weight excluding hydrogens is 369 g/mol. The summed E-state index contributed by atoms with van der Waals surface area (Å²) in [5.74, 6) is 1.37. The van der Waals surface area contributed by atoms with Crippen molar-refractivity contribution >= 4 is 17.4 Å². The zero-order chi connectivity index (χ0) is 20.2. The fourth-order valence-corrected chi connectivity index (χ4v) is 3.53. The summed E-state index contributed by atoms with van der Waals surface area (Å²) in [6.45, 7) is 3.11. The maximum absolute atomic E-state index is 13.4. The molecule has 2 amide bonds. The fraction of sp³-hybridized carbons (Fsp3) is 0.318. The van der Waals surface area contributed by atoms with Crippen LogP contribution in [0, 0.1) is 12.7 Å². The van der Waals surface area contributed by atoms with Crippen LogP contribution in [0.5, 0.6) is 0 Å². The number of halogens is 1. The van der Waals surface area contributed by atoms with Crippen molar-refractivity contribution in [3.05, 3.63) is 71.6 Å². The second-order valence-electron chi connectivity index (χ2n) is 7.35. The van der Waals surface area contributed by atoms with E-state index in [1.165, 1.54) is 18.6 Å². The van der Waals surface area contributed by atoms with Crippen molar-refractivity contribution in [1.29, 1.82) is 0 Å². The summed E-state index contributed by atoms with van der Waals surface area (Å²) in [5.41, 5.74) is 2.42. The van der Waals surface area contributed by atoms with Crippen LogP contribution in [-0.4, -0.2) is 20.8 Å². The summed E-state index contributed by atoms with van der Waals surface area (Å²) >= 11 is 0. The van der Waals surface area contributed by atoms with Gasteiger partial charge in [0.25, 0.3) is 0 Å². The number of benzene rings is 2. The van der Waals surface area contributed by atoms with E-state index in [1.807, 2.05) is 31.2 Å². The van der Waals surface area contributed by atoms with Gasteiger partial charge in [0, 0.05) is 24.3 Å². The van der Waals surface area contributed by atoms with Crippen molar-refractivity contribution in [2.45, 2.75) is 45.7 Å². The van der Waals surface area contributed by atoms with E-state index in [-0.39, 0.29) is 18.4 Å². The highest BCUT2D eigenvalue weighted by Gasteiger charge is 2.22. The summed E-state index contributed by atoms with van der Waals surface area (Å²) in [5, 5.41) is 11.6. The molecule has 0 saturated heterocycles. The number of urea groups is 1. The number of rotatable bonds is 4. The van der Waals surface area contributed by atoms with Gasteiger partial charge in [-0.3, -0.25) is 4.90 Å². The Bertz CT molecular complexity index is 981. The van der Waals surface area contributed by atoms with Crippen LogP contribution in [0.3, 0.4) is 0 Å². The number of nitrogens with zero attached hydrogens (tertiary/aromatic N) is 4. The van der Waals surface area contributed by atoms with Gasteiger partial charge in [0.15, 0.2) is 5.82 Å². The fourth-order valence-electron chi connectivity index (χ4n) is 3.53. The molecule has 29 heavy (non-hydrogen) atoms. The number of hydrogen-bond donors (Lipinski definition) is 1. The molecule has 0 saturated carbocycles. The Balaban J connectivity index is 1.62. The third kappa shape index (κ3) is 4.45. The average Bonchev–Trinajstić information content (AvgIpc) is 2.94. The van der Waals surface area contributed by atoms with Crippen molar-refractivity contribution < 1.29 is 9.18 Å². The number of carbonyl (C=O) groups excluding carboxylic acids is 1. The number of aromatic nitrogens is 3. The van der Waals surface area contributed by atoms with E-state index in [4.69, 9.17) is 0 Å². The molecular formula is C22H24FN5O. The Morgan fingerprint density at radius 3 is 2.59 bits per heavy atom. The Labute approximate surface area is 169 Å². The minimum Gasteiger partial charge on any atom is -0.313 e. The summed E-state index contributed by atoms with van der Waals surface area (Å²) in [6, 6.07) is 13.2. The molecule has 1 aliphatic rings. The Morgan fingerprint density at radius 1 is 1.07 bits per heavy atom. The van der Waals surface area contributed by atoms with Crippen LogP contribution in [0.4, 0.5) is 20.6 Å². The molecule has 0 unspecified atom stereocenters. The molecule has 0 spiro atoms. The lowest BCUT2D eigenvalue weighted by Crippen LogP contribution is -2.35. The van der Waals surface area contributed by atoms with Crippen molar-refractivity contribution in [2.75, 3.05) is 10.2 Å². The number of aryl methyl sites for hydroxylation is 2. The molecule has 7 heteroatoms. The molecule has 2 heterocycles. The van der Waals surface area contributed by atoms with E-state index < -0.39 is 0 Å². The quantitative estimate of drug-likeness (QED) is 0.699. The number of fused-ring (bicyclic) bond motifs is 1. The van der Waals surface area contributed by atoms with Gasteiger partial charge in [0.2, 0.25) is 0 Å². The Kier molecular flexibility index (Phi) is 5.55. The SMILES string of the molecule is Cc1ccc(NC(=O)N(Cc2nnc3n2CCCCC3)c2ccc(F)cc2)cc1. The van der Waals surface area contributed by atoms with Gasteiger partial charge in [-0.05, 0) is 56.2 Å². The Morgan fingerprint density at radius 2 is 1.83 bits per heavy atom. The molecule has 3 aromatic rings. The first kappa shape index (κ1) is 19.1. The first-order valence-electron chi connectivity index (χ1n) is 9.92. The molecule has 1 N–H and O–H groups in total. The smallest absolute Gasteiger partial charge is 0.313 e. The van der Waals surface area contributed by atoms with Crippen LogP contribution in [0.15, 0.2) is 48.5 Å². The molecule has 4 rings (SSSR count). The van der Waals surface area contributed by atoms with Gasteiger partial charge in [-0.1, -0.05) is 24.1 Å². The lowest BCUT2D eigenvalue weighted by atomic mass is 10.2. The first-order chi connectivity index (χ1) is 14.1. The molecule has 0 atom stereocenters. The topological polar surface area (TPSA) is 63.1 Å². The van der Waals surface area contributed by atoms with Gasteiger partial charge >= 0.3 is 6.03 Å². The first-order valence-corrected chi connectivity index (χ1v) is 9.92. The van der Waals surface area contributed by atoms with Gasteiger partial charge in [-0.2, -0.15) is 0 Å². The predicted octanol–water partition coefficient (Wildman–Crippen LogP) is 4.69. The number of carbonyl (C=O) groups is 1. The van der Waals surface area contributed by atoms with Gasteiger partial charge in [0.1, 0.15) is 11.6 Å². The third-order valence-electron chi connectivity index (χ3n) is 5.17. The van der Waals surface area contributed by atoms with Gasteiger partial charge in [-0.25, -0.2) is 9.18 Å². The van der Waals surface area contributed by atoms with Gasteiger partial charge in [-0.15, -0.1) is 10.2 Å². The van der Waals surface area contributed by atoms with E-state index >= 15 is 0 Å². The monoisotopic (exact) mass is 393 g/mol. The number of amides is 2. The lowest BCUT2D eigenvalue weighted by molar-refractivity contribution is 0.256. The van der Waals surface area contributed by atoms with E-state index in [2.05, 4.69) is 20.1 Å². The average molecular weight is 393 g/mol. The molecule has 6 nitrogen and oxygen atoms in total. The summed E-state index contributed by atoms with van der Waals surface area (Å²) in [4.78, 5) is 14.7. The zero-order valence-electron chi connectivity index (χ0n) is 16.4. The van der Waals surface area contributed by atoms with Crippen LogP contribution in [-0.2, 0) is 19.5 Å². The minimum atomic E-state index is -0.344. The van der Waals surface area contributed by atoms with Crippen LogP contribution < -0.4 is 10.2 Å². The van der Waals surface area contributed by atoms with E-state index in [0.717, 1.165) is 43.0 Å². The minimum absolute atomic E-state index is 0.260. The van der Waals surface area contributed by atoms with E-state index in [1.54, 1.807) is 17.0 Å². The highest BCUT2D eigenvalue weighted by molar-refractivity contribution is 6.01. The molecule has 2 aromatic carbocycles. The van der Waals surface area contributed by atoms with Crippen LogP contribution in [0.25, 0.3) is 0 Å². The molecule has 0 fully saturated rings. The van der Waals surface area contributed by atoms with Crippen LogP contribution >= 0.6 is 0 Å². The van der Waals surface area contributed by atoms with Crippen molar-refractivity contribution in [2.24, 2.45) is 0 Å². The van der Waals surface area contributed by atoms with E-state index in [0.29, 0.717) is 11.4 Å². The molecule has 1 aliphatic heterocycles. The molecule has 0 radical (unpaired) electrons. The molecule has 150 valence electrons. The normalized spacial score (nSPS) is 13.4.